The van der Waals surface area contributed by atoms with Gasteiger partial charge in [0.05, 0.1) is 0 Å². The molecule has 0 aromatic heterocycles. The lowest BCUT2D eigenvalue weighted by molar-refractivity contribution is 0.576. The van der Waals surface area contributed by atoms with Gasteiger partial charge in [-0.05, 0) is 49.8 Å². The summed E-state index contributed by atoms with van der Waals surface area (Å²) in [5.74, 6) is 0. The van der Waals surface area contributed by atoms with Gasteiger partial charge in [0.15, 0.2) is 0 Å². The van der Waals surface area contributed by atoms with Gasteiger partial charge >= 0.3 is 0 Å². The first-order valence-corrected chi connectivity index (χ1v) is 6.14. The van der Waals surface area contributed by atoms with E-state index in [-0.39, 0.29) is 5.54 Å². The molecule has 0 unspecified atom stereocenters. The third kappa shape index (κ3) is 2.99. The van der Waals surface area contributed by atoms with Crippen molar-refractivity contribution in [3.05, 3.63) is 29.8 Å². The molecule has 0 amide bonds. The fourth-order valence-corrected chi connectivity index (χ4v) is 2.02. The van der Waals surface area contributed by atoms with Gasteiger partial charge in [-0.2, -0.15) is 0 Å². The summed E-state index contributed by atoms with van der Waals surface area (Å²) in [6.07, 6.45) is 6.02. The number of benzene rings is 1. The molecule has 0 radical (unpaired) electrons. The summed E-state index contributed by atoms with van der Waals surface area (Å²) in [6, 6.07) is 8.83. The molecule has 2 heteroatoms. The molecule has 0 aliphatic heterocycles. The lowest BCUT2D eigenvalue weighted by atomic mass is 10.0. The molecule has 16 heavy (non-hydrogen) atoms. The van der Waals surface area contributed by atoms with Crippen molar-refractivity contribution in [3.63, 3.8) is 0 Å². The summed E-state index contributed by atoms with van der Waals surface area (Å²) in [7, 11) is 4.14. The Labute approximate surface area is 98.4 Å². The average Bonchev–Trinajstić information content (AvgIpc) is 2.97. The summed E-state index contributed by atoms with van der Waals surface area (Å²) >= 11 is 0. The molecule has 1 aliphatic rings. The highest BCUT2D eigenvalue weighted by Crippen LogP contribution is 2.36. The molecule has 1 aromatic rings. The number of nitrogens with two attached hydrogens (primary N) is 1. The largest absolute Gasteiger partial charge is 0.378 e. The van der Waals surface area contributed by atoms with Crippen molar-refractivity contribution in [2.24, 2.45) is 5.73 Å². The van der Waals surface area contributed by atoms with E-state index in [1.54, 1.807) is 0 Å². The molecule has 0 atom stereocenters. The normalized spacial score (nSPS) is 17.2. The molecule has 0 spiro atoms. The summed E-state index contributed by atoms with van der Waals surface area (Å²) < 4.78 is 0. The summed E-state index contributed by atoms with van der Waals surface area (Å²) in [4.78, 5) is 2.13. The summed E-state index contributed by atoms with van der Waals surface area (Å²) in [5.41, 5.74) is 8.97. The maximum atomic E-state index is 6.07. The van der Waals surface area contributed by atoms with Crippen LogP contribution in [0.2, 0.25) is 0 Å². The van der Waals surface area contributed by atoms with Crippen molar-refractivity contribution in [3.8, 4) is 0 Å². The zero-order valence-corrected chi connectivity index (χ0v) is 10.4. The van der Waals surface area contributed by atoms with Gasteiger partial charge in [0, 0.05) is 25.3 Å². The second kappa shape index (κ2) is 4.46. The maximum Gasteiger partial charge on any atom is 0.0361 e. The van der Waals surface area contributed by atoms with Gasteiger partial charge in [0.2, 0.25) is 0 Å². The lowest BCUT2D eigenvalue weighted by Crippen LogP contribution is -2.21. The van der Waals surface area contributed by atoms with E-state index >= 15 is 0 Å². The lowest BCUT2D eigenvalue weighted by Gasteiger charge is -2.13. The van der Waals surface area contributed by atoms with Crippen LogP contribution in [0.3, 0.4) is 0 Å². The molecule has 1 saturated carbocycles. The predicted molar refractivity (Wildman–Crippen MR) is 69.9 cm³/mol. The Balaban J connectivity index is 1.80. The highest BCUT2D eigenvalue weighted by Gasteiger charge is 2.36. The Morgan fingerprint density at radius 1 is 1.19 bits per heavy atom. The molecule has 88 valence electrons. The van der Waals surface area contributed by atoms with E-state index in [4.69, 9.17) is 5.73 Å². The Kier molecular flexibility index (Phi) is 3.20. The van der Waals surface area contributed by atoms with Crippen molar-refractivity contribution in [1.29, 1.82) is 0 Å². The van der Waals surface area contributed by atoms with E-state index in [1.165, 1.54) is 36.9 Å². The Morgan fingerprint density at radius 3 is 2.31 bits per heavy atom. The quantitative estimate of drug-likeness (QED) is 0.823. The van der Waals surface area contributed by atoms with Gasteiger partial charge in [-0.25, -0.2) is 0 Å². The fourth-order valence-electron chi connectivity index (χ4n) is 2.02. The van der Waals surface area contributed by atoms with Gasteiger partial charge in [-0.1, -0.05) is 12.1 Å². The number of aryl methyl sites for hydroxylation is 1. The van der Waals surface area contributed by atoms with Crippen LogP contribution in [0.15, 0.2) is 24.3 Å². The van der Waals surface area contributed by atoms with Crippen LogP contribution in [0.25, 0.3) is 0 Å². The van der Waals surface area contributed by atoms with Crippen LogP contribution in [-0.2, 0) is 6.42 Å². The van der Waals surface area contributed by atoms with Gasteiger partial charge in [-0.15, -0.1) is 0 Å². The Bertz CT molecular complexity index is 336. The van der Waals surface area contributed by atoms with E-state index in [0.29, 0.717) is 0 Å². The second-order valence-electron chi connectivity index (χ2n) is 5.28. The van der Waals surface area contributed by atoms with Crippen LogP contribution >= 0.6 is 0 Å². The molecular formula is C14H22N2. The zero-order valence-electron chi connectivity index (χ0n) is 10.4. The number of nitrogens with zero attached hydrogens (tertiary/aromatic N) is 1. The summed E-state index contributed by atoms with van der Waals surface area (Å²) in [6.45, 7) is 0. The molecular weight excluding hydrogens is 196 g/mol. The zero-order chi connectivity index (χ0) is 11.6. The standard InChI is InChI=1S/C14H22N2/c1-16(2)13-7-5-12(6-8-13)4-3-9-14(15)10-11-14/h5-8H,3-4,9-11,15H2,1-2H3. The molecule has 1 fully saturated rings. The van der Waals surface area contributed by atoms with E-state index in [9.17, 15) is 0 Å². The molecule has 0 bridgehead atoms. The van der Waals surface area contributed by atoms with Crippen LogP contribution < -0.4 is 10.6 Å². The van der Waals surface area contributed by atoms with E-state index in [2.05, 4.69) is 43.3 Å². The maximum absolute atomic E-state index is 6.07. The Hall–Kier alpha value is -1.02. The van der Waals surface area contributed by atoms with Gasteiger partial charge < -0.3 is 10.6 Å². The topological polar surface area (TPSA) is 29.3 Å². The van der Waals surface area contributed by atoms with E-state index in [1.807, 2.05) is 0 Å². The first kappa shape index (κ1) is 11.5. The highest BCUT2D eigenvalue weighted by molar-refractivity contribution is 5.45. The van der Waals surface area contributed by atoms with Crippen molar-refractivity contribution < 1.29 is 0 Å². The SMILES string of the molecule is CN(C)c1ccc(CCCC2(N)CC2)cc1. The number of hydrogen-bond acceptors (Lipinski definition) is 2. The van der Waals surface area contributed by atoms with Crippen molar-refractivity contribution in [2.75, 3.05) is 19.0 Å². The van der Waals surface area contributed by atoms with E-state index < -0.39 is 0 Å². The van der Waals surface area contributed by atoms with Crippen LogP contribution in [0, 0.1) is 0 Å². The summed E-state index contributed by atoms with van der Waals surface area (Å²) in [5, 5.41) is 0. The Morgan fingerprint density at radius 2 is 1.81 bits per heavy atom. The predicted octanol–water partition coefficient (Wildman–Crippen LogP) is 2.57. The first-order valence-electron chi connectivity index (χ1n) is 6.14. The van der Waals surface area contributed by atoms with Crippen LogP contribution in [-0.4, -0.2) is 19.6 Å². The van der Waals surface area contributed by atoms with Crippen molar-refractivity contribution in [2.45, 2.75) is 37.6 Å². The average molecular weight is 218 g/mol. The smallest absolute Gasteiger partial charge is 0.0361 e. The third-order valence-electron chi connectivity index (χ3n) is 3.49. The third-order valence-corrected chi connectivity index (χ3v) is 3.49. The minimum absolute atomic E-state index is 0.212. The van der Waals surface area contributed by atoms with Gasteiger partial charge in [0.25, 0.3) is 0 Å². The first-order chi connectivity index (χ1) is 7.59. The monoisotopic (exact) mass is 218 g/mol. The molecule has 0 saturated heterocycles. The van der Waals surface area contributed by atoms with Gasteiger partial charge in [-0.3, -0.25) is 0 Å². The molecule has 2 rings (SSSR count). The molecule has 0 heterocycles. The number of anilines is 1. The minimum atomic E-state index is 0.212. The molecule has 2 N–H and O–H groups in total. The van der Waals surface area contributed by atoms with Crippen LogP contribution in [0.5, 0.6) is 0 Å². The van der Waals surface area contributed by atoms with Crippen molar-refractivity contribution in [1.82, 2.24) is 0 Å². The van der Waals surface area contributed by atoms with E-state index in [0.717, 1.165) is 6.42 Å². The minimum Gasteiger partial charge on any atom is -0.378 e. The number of rotatable bonds is 5. The van der Waals surface area contributed by atoms with Crippen LogP contribution in [0.4, 0.5) is 5.69 Å². The highest BCUT2D eigenvalue weighted by atomic mass is 15.1. The molecule has 1 aromatic carbocycles. The van der Waals surface area contributed by atoms with Crippen LogP contribution in [0.1, 0.15) is 31.2 Å². The van der Waals surface area contributed by atoms with Gasteiger partial charge in [0.1, 0.15) is 0 Å². The second-order valence-corrected chi connectivity index (χ2v) is 5.28. The molecule has 2 nitrogen and oxygen atoms in total. The fraction of sp³-hybridized carbons (Fsp3) is 0.571. The molecule has 1 aliphatic carbocycles. The van der Waals surface area contributed by atoms with Crippen molar-refractivity contribution >= 4 is 5.69 Å². The number of hydrogen-bond donors (Lipinski definition) is 1.